The van der Waals surface area contributed by atoms with Crippen LogP contribution in [-0.2, 0) is 10.2 Å². The summed E-state index contributed by atoms with van der Waals surface area (Å²) in [6.07, 6.45) is 0. The van der Waals surface area contributed by atoms with E-state index >= 15 is 0 Å². The zero-order valence-corrected chi connectivity index (χ0v) is 10.9. The Labute approximate surface area is 105 Å². The van der Waals surface area contributed by atoms with Gasteiger partial charge in [-0.15, -0.1) is 0 Å². The molecule has 0 saturated carbocycles. The average molecular weight is 261 g/mol. The highest BCUT2D eigenvalue weighted by Crippen LogP contribution is 2.30. The van der Waals surface area contributed by atoms with Crippen molar-refractivity contribution in [2.75, 3.05) is 7.05 Å². The van der Waals surface area contributed by atoms with Gasteiger partial charge in [-0.1, -0.05) is 29.3 Å². The number of carbonyl (C=O) groups is 1. The molecule has 88 valence electrons. The maximum absolute atomic E-state index is 11.9. The highest BCUT2D eigenvalue weighted by molar-refractivity contribution is 6.42. The molecule has 16 heavy (non-hydrogen) atoms. The molecule has 1 rings (SSSR count). The fraction of sp³-hybridized carbons (Fsp3) is 0.364. The number of benzene rings is 1. The molecule has 3 nitrogen and oxygen atoms in total. The van der Waals surface area contributed by atoms with Crippen LogP contribution in [0.1, 0.15) is 19.4 Å². The van der Waals surface area contributed by atoms with Crippen molar-refractivity contribution in [3.63, 3.8) is 0 Å². The summed E-state index contributed by atoms with van der Waals surface area (Å²) in [6, 6.07) is 5.13. The highest BCUT2D eigenvalue weighted by atomic mass is 35.5. The molecule has 2 N–H and O–H groups in total. The second-order valence-corrected chi connectivity index (χ2v) is 4.98. The summed E-state index contributed by atoms with van der Waals surface area (Å²) in [6.45, 7) is 3.58. The topological polar surface area (TPSA) is 46.3 Å². The summed E-state index contributed by atoms with van der Waals surface area (Å²) < 4.78 is 0. The summed E-state index contributed by atoms with van der Waals surface area (Å²) in [7, 11) is 1.52. The number of rotatable bonds is 2. The average Bonchev–Trinajstić information content (AvgIpc) is 2.20. The normalized spacial score (nSPS) is 11.4. The van der Waals surface area contributed by atoms with Gasteiger partial charge >= 0.3 is 0 Å². The van der Waals surface area contributed by atoms with Crippen LogP contribution < -0.4 is 5.84 Å². The molecule has 0 fully saturated rings. The summed E-state index contributed by atoms with van der Waals surface area (Å²) in [5, 5.41) is 1.97. The van der Waals surface area contributed by atoms with Crippen LogP contribution in [0.25, 0.3) is 0 Å². The van der Waals surface area contributed by atoms with Gasteiger partial charge in [-0.3, -0.25) is 9.80 Å². The summed E-state index contributed by atoms with van der Waals surface area (Å²) in [5.41, 5.74) is 0.0572. The Morgan fingerprint density at radius 2 is 1.88 bits per heavy atom. The molecule has 0 aliphatic carbocycles. The van der Waals surface area contributed by atoms with Gasteiger partial charge in [0.05, 0.1) is 15.5 Å². The highest BCUT2D eigenvalue weighted by Gasteiger charge is 2.31. The molecule has 0 aliphatic heterocycles. The van der Waals surface area contributed by atoms with E-state index in [0.29, 0.717) is 10.0 Å². The number of halogens is 2. The van der Waals surface area contributed by atoms with Gasteiger partial charge in [0, 0.05) is 7.05 Å². The number of hydrazine groups is 1. The molecular weight excluding hydrogens is 247 g/mol. The van der Waals surface area contributed by atoms with Gasteiger partial charge in [0.15, 0.2) is 0 Å². The molecule has 1 aromatic rings. The molecule has 0 atom stereocenters. The van der Waals surface area contributed by atoms with Crippen LogP contribution in [0.5, 0.6) is 0 Å². The fourth-order valence-electron chi connectivity index (χ4n) is 1.45. The Morgan fingerprint density at radius 3 is 2.31 bits per heavy atom. The smallest absolute Gasteiger partial charge is 0.246 e. The Morgan fingerprint density at radius 1 is 1.31 bits per heavy atom. The van der Waals surface area contributed by atoms with Gasteiger partial charge in [-0.2, -0.15) is 0 Å². The molecular formula is C11H14Cl2N2O. The third-order valence-corrected chi connectivity index (χ3v) is 3.24. The van der Waals surface area contributed by atoms with Crippen LogP contribution in [0.2, 0.25) is 10.0 Å². The van der Waals surface area contributed by atoms with Gasteiger partial charge in [0.1, 0.15) is 0 Å². The van der Waals surface area contributed by atoms with Crippen molar-refractivity contribution in [1.82, 2.24) is 5.01 Å². The van der Waals surface area contributed by atoms with E-state index in [1.165, 1.54) is 7.05 Å². The van der Waals surface area contributed by atoms with E-state index in [0.717, 1.165) is 10.6 Å². The predicted molar refractivity (Wildman–Crippen MR) is 66.4 cm³/mol. The van der Waals surface area contributed by atoms with E-state index in [4.69, 9.17) is 29.0 Å². The number of amides is 1. The minimum Gasteiger partial charge on any atom is -0.283 e. The quantitative estimate of drug-likeness (QED) is 0.505. The van der Waals surface area contributed by atoms with Crippen molar-refractivity contribution < 1.29 is 4.79 Å². The SMILES string of the molecule is CN(N)C(=O)C(C)(C)c1ccc(Cl)c(Cl)c1. The molecule has 0 unspecified atom stereocenters. The summed E-state index contributed by atoms with van der Waals surface area (Å²) in [4.78, 5) is 11.9. The van der Waals surface area contributed by atoms with Gasteiger partial charge in [-0.05, 0) is 31.5 Å². The molecule has 0 saturated heterocycles. The van der Waals surface area contributed by atoms with Gasteiger partial charge < -0.3 is 0 Å². The van der Waals surface area contributed by atoms with Crippen molar-refractivity contribution in [3.8, 4) is 0 Å². The zero-order valence-electron chi connectivity index (χ0n) is 9.42. The minimum atomic E-state index is -0.724. The van der Waals surface area contributed by atoms with Crippen LogP contribution in [0.15, 0.2) is 18.2 Å². The van der Waals surface area contributed by atoms with E-state index in [1.54, 1.807) is 32.0 Å². The molecule has 1 aromatic carbocycles. The van der Waals surface area contributed by atoms with E-state index in [9.17, 15) is 4.79 Å². The van der Waals surface area contributed by atoms with Gasteiger partial charge in [0.25, 0.3) is 0 Å². The maximum Gasteiger partial charge on any atom is 0.246 e. The maximum atomic E-state index is 11.9. The van der Waals surface area contributed by atoms with Crippen molar-refractivity contribution in [2.24, 2.45) is 5.84 Å². The number of hydrogen-bond donors (Lipinski definition) is 1. The van der Waals surface area contributed by atoms with Crippen molar-refractivity contribution in [3.05, 3.63) is 33.8 Å². The molecule has 0 radical (unpaired) electrons. The minimum absolute atomic E-state index is 0.189. The van der Waals surface area contributed by atoms with E-state index < -0.39 is 5.41 Å². The largest absolute Gasteiger partial charge is 0.283 e. The lowest BCUT2D eigenvalue weighted by Crippen LogP contribution is -2.44. The Bertz CT molecular complexity index is 416. The second kappa shape index (κ2) is 4.62. The molecule has 0 aromatic heterocycles. The zero-order chi connectivity index (χ0) is 12.5. The standard InChI is InChI=1S/C11H14Cl2N2O/c1-11(2,10(16)15(3)14)7-4-5-8(12)9(13)6-7/h4-6H,14H2,1-3H3. The van der Waals surface area contributed by atoms with Crippen LogP contribution in [0.3, 0.4) is 0 Å². The molecule has 0 bridgehead atoms. The van der Waals surface area contributed by atoms with E-state index in [2.05, 4.69) is 0 Å². The fourth-order valence-corrected chi connectivity index (χ4v) is 1.75. The first-order valence-electron chi connectivity index (χ1n) is 4.75. The monoisotopic (exact) mass is 260 g/mol. The van der Waals surface area contributed by atoms with Crippen LogP contribution in [-0.4, -0.2) is 18.0 Å². The number of nitrogens with zero attached hydrogens (tertiary/aromatic N) is 1. The summed E-state index contributed by atoms with van der Waals surface area (Å²) >= 11 is 11.7. The third-order valence-electron chi connectivity index (χ3n) is 2.50. The lowest BCUT2D eigenvalue weighted by molar-refractivity contribution is -0.135. The lowest BCUT2D eigenvalue weighted by atomic mass is 9.83. The predicted octanol–water partition coefficient (Wildman–Crippen LogP) is 2.60. The van der Waals surface area contributed by atoms with Gasteiger partial charge in [-0.25, -0.2) is 5.84 Å². The second-order valence-electron chi connectivity index (χ2n) is 4.17. The molecule has 1 amide bonds. The molecule has 0 aliphatic rings. The molecule has 5 heteroatoms. The Hall–Kier alpha value is -0.770. The Balaban J connectivity index is 3.16. The van der Waals surface area contributed by atoms with Crippen LogP contribution >= 0.6 is 23.2 Å². The van der Waals surface area contributed by atoms with E-state index in [-0.39, 0.29) is 5.91 Å². The molecule has 0 heterocycles. The van der Waals surface area contributed by atoms with Crippen LogP contribution in [0, 0.1) is 0 Å². The Kier molecular flexibility index (Phi) is 3.84. The van der Waals surface area contributed by atoms with Crippen molar-refractivity contribution >= 4 is 29.1 Å². The first kappa shape index (κ1) is 13.3. The van der Waals surface area contributed by atoms with Crippen molar-refractivity contribution in [1.29, 1.82) is 0 Å². The number of hydrogen-bond acceptors (Lipinski definition) is 2. The van der Waals surface area contributed by atoms with Crippen LogP contribution in [0.4, 0.5) is 0 Å². The lowest BCUT2D eigenvalue weighted by Gasteiger charge is -2.27. The number of likely N-dealkylation sites (N-methyl/N-ethyl adjacent to an activating group) is 1. The number of nitrogens with two attached hydrogens (primary N) is 1. The summed E-state index contributed by atoms with van der Waals surface area (Å²) in [5.74, 6) is 5.26. The molecule has 0 spiro atoms. The number of carbonyl (C=O) groups excluding carboxylic acids is 1. The van der Waals surface area contributed by atoms with E-state index in [1.807, 2.05) is 0 Å². The first-order chi connectivity index (χ1) is 7.26. The van der Waals surface area contributed by atoms with Crippen molar-refractivity contribution in [2.45, 2.75) is 19.3 Å². The van der Waals surface area contributed by atoms with Gasteiger partial charge in [0.2, 0.25) is 5.91 Å². The first-order valence-corrected chi connectivity index (χ1v) is 5.51. The third kappa shape index (κ3) is 2.48.